The summed E-state index contributed by atoms with van der Waals surface area (Å²) in [5.74, 6) is -0.916. The third-order valence-electron chi connectivity index (χ3n) is 4.35. The van der Waals surface area contributed by atoms with E-state index >= 15 is 0 Å². The summed E-state index contributed by atoms with van der Waals surface area (Å²) < 4.78 is 16.3. The predicted octanol–water partition coefficient (Wildman–Crippen LogP) is 3.61. The maximum atomic E-state index is 12.0. The average Bonchev–Trinajstić information content (AvgIpc) is 3.15. The van der Waals surface area contributed by atoms with Gasteiger partial charge in [0.15, 0.2) is 0 Å². The van der Waals surface area contributed by atoms with Crippen LogP contribution in [-0.4, -0.2) is 30.4 Å². The first kappa shape index (κ1) is 23.2. The third kappa shape index (κ3) is 4.87. The average molecular weight is 377 g/mol. The molecule has 3 aliphatic rings. The quantitative estimate of drug-likeness (QED) is 0.543. The summed E-state index contributed by atoms with van der Waals surface area (Å²) in [5, 5.41) is 0. The first-order valence-corrected chi connectivity index (χ1v) is 8.73. The summed E-state index contributed by atoms with van der Waals surface area (Å²) in [6.07, 6.45) is 3.14. The molecule has 0 aromatic heterocycles. The van der Waals surface area contributed by atoms with Crippen molar-refractivity contribution in [2.75, 3.05) is 6.61 Å². The number of carbonyl (C=O) groups excluding carboxylic acids is 2. The van der Waals surface area contributed by atoms with Crippen LogP contribution in [0.25, 0.3) is 0 Å². The Bertz CT molecular complexity index is 451. The van der Waals surface area contributed by atoms with Gasteiger partial charge >= 0.3 is 11.9 Å². The molecule has 3 fully saturated rings. The van der Waals surface area contributed by atoms with Crippen molar-refractivity contribution in [1.29, 1.82) is 0 Å². The van der Waals surface area contributed by atoms with Crippen LogP contribution in [0.2, 0.25) is 0 Å². The monoisotopic (exact) mass is 377 g/mol. The van der Waals surface area contributed by atoms with Gasteiger partial charge in [0.1, 0.15) is 0 Å². The van der Waals surface area contributed by atoms with E-state index in [0.717, 1.165) is 19.3 Å². The Morgan fingerprint density at radius 3 is 2.29 bits per heavy atom. The van der Waals surface area contributed by atoms with E-state index < -0.39 is 23.8 Å². The van der Waals surface area contributed by atoms with Crippen molar-refractivity contribution in [2.45, 2.75) is 72.2 Å². The van der Waals surface area contributed by atoms with Gasteiger partial charge < -0.3 is 14.2 Å². The smallest absolute Gasteiger partial charge is 0.352 e. The molecule has 4 unspecified atom stereocenters. The van der Waals surface area contributed by atoms with Crippen molar-refractivity contribution < 1.29 is 42.4 Å². The SMILES string of the molecule is C=C(C)C(=O)OC1COC2(CC3CCC2C3)OC1=O.CC.CC.[V]. The van der Waals surface area contributed by atoms with Crippen LogP contribution < -0.4 is 0 Å². The number of fused-ring (bicyclic) bond motifs is 3. The molecule has 6 heteroatoms. The molecule has 0 aromatic rings. The van der Waals surface area contributed by atoms with Crippen molar-refractivity contribution in [2.24, 2.45) is 11.8 Å². The summed E-state index contributed by atoms with van der Waals surface area (Å²) in [7, 11) is 0. The molecule has 1 aliphatic heterocycles. The number of ether oxygens (including phenoxy) is 3. The minimum Gasteiger partial charge on any atom is -0.444 e. The first-order chi connectivity index (χ1) is 11.0. The predicted molar refractivity (Wildman–Crippen MR) is 87.6 cm³/mol. The minimum atomic E-state index is -0.964. The van der Waals surface area contributed by atoms with Crippen LogP contribution in [0.15, 0.2) is 12.2 Å². The molecule has 5 nitrogen and oxygen atoms in total. The zero-order valence-corrected chi connectivity index (χ0v) is 16.9. The second kappa shape index (κ2) is 10.3. The molecular weight excluding hydrogens is 347 g/mol. The molecule has 2 saturated carbocycles. The first-order valence-electron chi connectivity index (χ1n) is 8.73. The molecule has 4 atom stereocenters. The molecular formula is C18H30O5V. The maximum Gasteiger partial charge on any atom is 0.352 e. The second-order valence-electron chi connectivity index (χ2n) is 5.80. The fraction of sp³-hybridized carbons (Fsp3) is 0.778. The van der Waals surface area contributed by atoms with Gasteiger partial charge in [-0.2, -0.15) is 0 Å². The number of carbonyl (C=O) groups is 2. The molecule has 1 heterocycles. The Hall–Kier alpha value is -0.776. The topological polar surface area (TPSA) is 61.8 Å². The fourth-order valence-electron chi connectivity index (χ4n) is 3.39. The molecule has 0 aromatic carbocycles. The van der Waals surface area contributed by atoms with Crippen LogP contribution in [0, 0.1) is 11.8 Å². The molecule has 137 valence electrons. The molecule has 24 heavy (non-hydrogen) atoms. The molecule has 1 radical (unpaired) electrons. The largest absolute Gasteiger partial charge is 0.444 e. The van der Waals surface area contributed by atoms with Gasteiger partial charge in [0.25, 0.3) is 0 Å². The van der Waals surface area contributed by atoms with E-state index in [1.807, 2.05) is 27.7 Å². The molecule has 2 aliphatic carbocycles. The van der Waals surface area contributed by atoms with Gasteiger partial charge in [0, 0.05) is 36.5 Å². The maximum absolute atomic E-state index is 12.0. The van der Waals surface area contributed by atoms with Crippen molar-refractivity contribution >= 4 is 11.9 Å². The number of esters is 2. The summed E-state index contributed by atoms with van der Waals surface area (Å²) in [6.45, 7) is 13.1. The van der Waals surface area contributed by atoms with E-state index in [2.05, 4.69) is 6.58 Å². The summed E-state index contributed by atoms with van der Waals surface area (Å²) in [4.78, 5) is 23.4. The minimum absolute atomic E-state index is 0. The van der Waals surface area contributed by atoms with Gasteiger partial charge in [-0.15, -0.1) is 0 Å². The Labute approximate surface area is 157 Å². The zero-order valence-electron chi connectivity index (χ0n) is 15.5. The molecule has 0 amide bonds. The van der Waals surface area contributed by atoms with Gasteiger partial charge in [0.05, 0.1) is 6.61 Å². The Balaban J connectivity index is 0.000000987. The van der Waals surface area contributed by atoms with Gasteiger partial charge in [-0.3, -0.25) is 0 Å². The number of hydrogen-bond acceptors (Lipinski definition) is 5. The van der Waals surface area contributed by atoms with E-state index in [-0.39, 0.29) is 30.7 Å². The standard InChI is InChI=1S/C14H18O5.2C2H6.V/c1-8(2)12(15)18-11-7-17-14(19-13(11)16)6-9-3-4-10(14)5-9;2*1-2;/h9-11H,1,3-7H2,2H3;2*1-2H3;. The van der Waals surface area contributed by atoms with Crippen molar-refractivity contribution in [3.05, 3.63) is 12.2 Å². The summed E-state index contributed by atoms with van der Waals surface area (Å²) in [6, 6.07) is 0. The van der Waals surface area contributed by atoms with Crippen LogP contribution in [0.1, 0.15) is 60.3 Å². The second-order valence-corrected chi connectivity index (χ2v) is 5.80. The van der Waals surface area contributed by atoms with E-state index in [1.165, 1.54) is 13.3 Å². The van der Waals surface area contributed by atoms with Gasteiger partial charge in [-0.25, -0.2) is 9.59 Å². The zero-order chi connectivity index (χ0) is 17.6. The van der Waals surface area contributed by atoms with Crippen molar-refractivity contribution in [3.63, 3.8) is 0 Å². The van der Waals surface area contributed by atoms with Crippen molar-refractivity contribution in [3.8, 4) is 0 Å². The van der Waals surface area contributed by atoms with Crippen LogP contribution in [0.5, 0.6) is 0 Å². The molecule has 2 bridgehead atoms. The third-order valence-corrected chi connectivity index (χ3v) is 4.35. The van der Waals surface area contributed by atoms with Crippen LogP contribution in [-0.2, 0) is 42.4 Å². The Morgan fingerprint density at radius 2 is 1.88 bits per heavy atom. The van der Waals surface area contributed by atoms with Gasteiger partial charge in [0.2, 0.25) is 11.9 Å². The Morgan fingerprint density at radius 1 is 1.25 bits per heavy atom. The van der Waals surface area contributed by atoms with Crippen molar-refractivity contribution in [1.82, 2.24) is 0 Å². The van der Waals surface area contributed by atoms with E-state index in [0.29, 0.717) is 11.8 Å². The summed E-state index contributed by atoms with van der Waals surface area (Å²) in [5.41, 5.74) is 0.257. The van der Waals surface area contributed by atoms with E-state index in [4.69, 9.17) is 14.2 Å². The molecule has 1 saturated heterocycles. The molecule has 3 rings (SSSR count). The van der Waals surface area contributed by atoms with E-state index in [1.54, 1.807) is 0 Å². The summed E-state index contributed by atoms with van der Waals surface area (Å²) >= 11 is 0. The van der Waals surface area contributed by atoms with Gasteiger partial charge in [-0.1, -0.05) is 34.3 Å². The number of hydrogen-bond donors (Lipinski definition) is 0. The Kier molecular flexibility index (Phi) is 9.94. The number of rotatable bonds is 2. The molecule has 0 N–H and O–H groups in total. The normalized spacial score (nSPS) is 32.4. The van der Waals surface area contributed by atoms with Crippen LogP contribution in [0.4, 0.5) is 0 Å². The van der Waals surface area contributed by atoms with Gasteiger partial charge in [-0.05, 0) is 32.1 Å². The van der Waals surface area contributed by atoms with Crippen LogP contribution in [0.3, 0.4) is 0 Å². The van der Waals surface area contributed by atoms with E-state index in [9.17, 15) is 9.59 Å². The molecule has 1 spiro atoms. The van der Waals surface area contributed by atoms with Crippen LogP contribution >= 0.6 is 0 Å². The fourth-order valence-corrected chi connectivity index (χ4v) is 3.39.